The summed E-state index contributed by atoms with van der Waals surface area (Å²) in [5.74, 6) is -4.09. The molecule has 2 heterocycles. The molecule has 0 aliphatic heterocycles. The van der Waals surface area contributed by atoms with Crippen LogP contribution in [0.4, 0.5) is 11.6 Å². The second-order valence-electron chi connectivity index (χ2n) is 7.25. The van der Waals surface area contributed by atoms with E-state index in [-0.39, 0.29) is 35.6 Å². The molecule has 2 aromatic heterocycles. The van der Waals surface area contributed by atoms with Gasteiger partial charge in [-0.05, 0) is 30.7 Å². The third kappa shape index (κ3) is 5.78. The number of nitrogens with two attached hydrogens (primary N) is 1. The van der Waals surface area contributed by atoms with Gasteiger partial charge in [-0.25, -0.2) is 14.8 Å². The van der Waals surface area contributed by atoms with Gasteiger partial charge >= 0.3 is 11.9 Å². The monoisotopic (exact) mass is 455 g/mol. The highest BCUT2D eigenvalue weighted by Crippen LogP contribution is 2.13. The maximum Gasteiger partial charge on any atom is 0.326 e. The van der Waals surface area contributed by atoms with Crippen LogP contribution >= 0.6 is 0 Å². The fourth-order valence-electron chi connectivity index (χ4n) is 2.91. The Bertz CT molecular complexity index is 1260. The number of nitrogen functional groups attached to an aromatic ring is 1. The minimum absolute atomic E-state index is 0.0529. The standard InChI is InChI=1S/C20H21N7O6/c1-9(18(30)31)6-13(19(32)33)25-16(28)10-2-4-11(5-3-10)22-7-12-8-23-15-14(24-12)17(29)27-20(21)26-15/h2-5,8-9,13,22H,6-7H2,1H3,(H,25,28)(H,30,31)(H,32,33)(H3,21,23,26,27,29). The first-order valence-corrected chi connectivity index (χ1v) is 9.76. The Morgan fingerprint density at radius 1 is 1.12 bits per heavy atom. The Balaban J connectivity index is 1.63. The molecule has 0 saturated carbocycles. The maximum atomic E-state index is 12.4. The molecule has 1 amide bonds. The number of rotatable bonds is 9. The van der Waals surface area contributed by atoms with Gasteiger partial charge in [0.1, 0.15) is 6.04 Å². The third-order valence-electron chi connectivity index (χ3n) is 4.72. The largest absolute Gasteiger partial charge is 0.481 e. The summed E-state index contributed by atoms with van der Waals surface area (Å²) in [7, 11) is 0. The zero-order valence-electron chi connectivity index (χ0n) is 17.4. The molecule has 33 heavy (non-hydrogen) atoms. The van der Waals surface area contributed by atoms with Crippen LogP contribution in [0.15, 0.2) is 35.3 Å². The predicted octanol–water partition coefficient (Wildman–Crippen LogP) is 0.201. The molecule has 0 aliphatic rings. The fourth-order valence-corrected chi connectivity index (χ4v) is 2.91. The van der Waals surface area contributed by atoms with Gasteiger partial charge < -0.3 is 26.6 Å². The molecule has 0 fully saturated rings. The lowest BCUT2D eigenvalue weighted by atomic mass is 10.0. The SMILES string of the molecule is CC(CC(NC(=O)c1ccc(NCc2cnc3nc(N)[nH]c(=O)c3n2)cc1)C(=O)O)C(=O)O. The van der Waals surface area contributed by atoms with Gasteiger partial charge in [-0.1, -0.05) is 6.92 Å². The van der Waals surface area contributed by atoms with Crippen LogP contribution in [0, 0.1) is 5.92 Å². The molecule has 13 heteroatoms. The number of nitrogens with zero attached hydrogens (tertiary/aromatic N) is 3. The molecular weight excluding hydrogens is 434 g/mol. The summed E-state index contributed by atoms with van der Waals surface area (Å²) in [4.78, 5) is 61.2. The Labute approximate surface area is 186 Å². The van der Waals surface area contributed by atoms with Gasteiger partial charge in [-0.3, -0.25) is 19.4 Å². The van der Waals surface area contributed by atoms with E-state index in [1.165, 1.54) is 25.3 Å². The first-order valence-electron chi connectivity index (χ1n) is 9.76. The van der Waals surface area contributed by atoms with Crippen molar-refractivity contribution < 1.29 is 24.6 Å². The molecule has 7 N–H and O–H groups in total. The smallest absolute Gasteiger partial charge is 0.326 e. The van der Waals surface area contributed by atoms with Crippen LogP contribution in [0.5, 0.6) is 0 Å². The summed E-state index contributed by atoms with van der Waals surface area (Å²) in [6, 6.07) is 4.85. The molecule has 13 nitrogen and oxygen atoms in total. The first-order chi connectivity index (χ1) is 15.6. The van der Waals surface area contributed by atoms with Crippen LogP contribution < -0.4 is 21.9 Å². The number of carboxylic acids is 2. The molecule has 0 bridgehead atoms. The fraction of sp³-hybridized carbons (Fsp3) is 0.250. The molecule has 0 saturated heterocycles. The van der Waals surface area contributed by atoms with Crippen molar-refractivity contribution in [2.45, 2.75) is 25.9 Å². The highest BCUT2D eigenvalue weighted by molar-refractivity contribution is 5.97. The van der Waals surface area contributed by atoms with Gasteiger partial charge in [-0.15, -0.1) is 0 Å². The number of anilines is 2. The number of amides is 1. The number of aliphatic carboxylic acids is 2. The normalized spacial score (nSPS) is 12.6. The van der Waals surface area contributed by atoms with Crippen LogP contribution in [0.1, 0.15) is 29.4 Å². The molecule has 3 rings (SSSR count). The van der Waals surface area contributed by atoms with Gasteiger partial charge in [-0.2, -0.15) is 4.98 Å². The highest BCUT2D eigenvalue weighted by atomic mass is 16.4. The van der Waals surface area contributed by atoms with E-state index >= 15 is 0 Å². The van der Waals surface area contributed by atoms with Gasteiger partial charge in [0.25, 0.3) is 11.5 Å². The average molecular weight is 455 g/mol. The number of carbonyl (C=O) groups excluding carboxylic acids is 1. The van der Waals surface area contributed by atoms with E-state index in [2.05, 4.69) is 30.6 Å². The second-order valence-corrected chi connectivity index (χ2v) is 7.25. The molecule has 1 aromatic carbocycles. The van der Waals surface area contributed by atoms with Crippen LogP contribution in [0.2, 0.25) is 0 Å². The van der Waals surface area contributed by atoms with Crippen molar-refractivity contribution in [3.05, 3.63) is 52.1 Å². The second kappa shape index (κ2) is 9.72. The quantitative estimate of drug-likeness (QED) is 0.256. The Hall–Kier alpha value is -4.55. The lowest BCUT2D eigenvalue weighted by Crippen LogP contribution is -2.42. The van der Waals surface area contributed by atoms with Crippen molar-refractivity contribution >= 4 is 40.6 Å². The Kier molecular flexibility index (Phi) is 6.81. The maximum absolute atomic E-state index is 12.4. The van der Waals surface area contributed by atoms with E-state index in [4.69, 9.17) is 10.8 Å². The summed E-state index contributed by atoms with van der Waals surface area (Å²) >= 11 is 0. The van der Waals surface area contributed by atoms with Crippen LogP contribution in [-0.4, -0.2) is 54.0 Å². The summed E-state index contributed by atoms with van der Waals surface area (Å²) in [6.07, 6.45) is 1.21. The molecule has 0 spiro atoms. The van der Waals surface area contributed by atoms with Gasteiger partial charge in [0.15, 0.2) is 11.2 Å². The van der Waals surface area contributed by atoms with E-state index in [0.29, 0.717) is 11.4 Å². The molecule has 2 atom stereocenters. The van der Waals surface area contributed by atoms with E-state index in [1.54, 1.807) is 12.1 Å². The number of nitrogens with one attached hydrogen (secondary N) is 3. The average Bonchev–Trinajstić information content (AvgIpc) is 2.77. The summed E-state index contributed by atoms with van der Waals surface area (Å²) in [5, 5.41) is 23.6. The van der Waals surface area contributed by atoms with Crippen molar-refractivity contribution in [2.24, 2.45) is 5.92 Å². The molecule has 0 radical (unpaired) electrons. The first kappa shape index (κ1) is 23.1. The Morgan fingerprint density at radius 3 is 2.45 bits per heavy atom. The lowest BCUT2D eigenvalue weighted by molar-refractivity contribution is -0.143. The zero-order valence-corrected chi connectivity index (χ0v) is 17.4. The number of hydrogen-bond acceptors (Lipinski definition) is 9. The molecule has 3 aromatic rings. The zero-order chi connectivity index (χ0) is 24.1. The predicted molar refractivity (Wildman–Crippen MR) is 116 cm³/mol. The highest BCUT2D eigenvalue weighted by Gasteiger charge is 2.25. The summed E-state index contributed by atoms with van der Waals surface area (Å²) in [6.45, 7) is 1.60. The number of aromatic amines is 1. The Morgan fingerprint density at radius 2 is 1.82 bits per heavy atom. The summed E-state index contributed by atoms with van der Waals surface area (Å²) < 4.78 is 0. The number of fused-ring (bicyclic) bond motifs is 1. The minimum Gasteiger partial charge on any atom is -0.481 e. The lowest BCUT2D eigenvalue weighted by Gasteiger charge is -2.16. The third-order valence-corrected chi connectivity index (χ3v) is 4.72. The topological polar surface area (TPSA) is 213 Å². The van der Waals surface area contributed by atoms with Gasteiger partial charge in [0.05, 0.1) is 24.4 Å². The van der Waals surface area contributed by atoms with Crippen LogP contribution in [0.3, 0.4) is 0 Å². The van der Waals surface area contributed by atoms with Crippen molar-refractivity contribution in [3.63, 3.8) is 0 Å². The van der Waals surface area contributed by atoms with Gasteiger partial charge in [0, 0.05) is 11.3 Å². The number of carboxylic acid groups (broad SMARTS) is 2. The van der Waals surface area contributed by atoms with Crippen molar-refractivity contribution in [1.29, 1.82) is 0 Å². The van der Waals surface area contributed by atoms with Crippen molar-refractivity contribution in [2.75, 3.05) is 11.1 Å². The van der Waals surface area contributed by atoms with Crippen LogP contribution in [0.25, 0.3) is 11.2 Å². The molecule has 172 valence electrons. The number of carbonyl (C=O) groups is 3. The van der Waals surface area contributed by atoms with E-state index in [0.717, 1.165) is 0 Å². The number of H-pyrrole nitrogens is 1. The van der Waals surface area contributed by atoms with E-state index in [9.17, 15) is 24.3 Å². The van der Waals surface area contributed by atoms with Gasteiger partial charge in [0.2, 0.25) is 5.95 Å². The number of benzene rings is 1. The molecule has 0 aliphatic carbocycles. The van der Waals surface area contributed by atoms with Crippen molar-refractivity contribution in [1.82, 2.24) is 25.3 Å². The number of hydrogen-bond donors (Lipinski definition) is 6. The molecule has 2 unspecified atom stereocenters. The summed E-state index contributed by atoms with van der Waals surface area (Å²) in [5.41, 5.74) is 6.47. The number of aromatic nitrogens is 4. The van der Waals surface area contributed by atoms with Crippen molar-refractivity contribution in [3.8, 4) is 0 Å². The van der Waals surface area contributed by atoms with E-state index in [1.807, 2.05) is 0 Å². The van der Waals surface area contributed by atoms with Crippen LogP contribution in [-0.2, 0) is 16.1 Å². The van der Waals surface area contributed by atoms with E-state index < -0.39 is 35.4 Å². The molecular formula is C20H21N7O6. The minimum atomic E-state index is -1.33.